The average molecular weight is 279 g/mol. The number of hydrogen-bond acceptors (Lipinski definition) is 4. The highest BCUT2D eigenvalue weighted by atomic mass is 16.5. The van der Waals surface area contributed by atoms with Gasteiger partial charge < -0.3 is 9.84 Å². The van der Waals surface area contributed by atoms with Crippen LogP contribution < -0.4 is 0 Å². The summed E-state index contributed by atoms with van der Waals surface area (Å²) in [6.07, 6.45) is -0.604. The van der Waals surface area contributed by atoms with Crippen molar-refractivity contribution >= 4 is 5.97 Å². The molecule has 0 bridgehead atoms. The van der Waals surface area contributed by atoms with E-state index in [9.17, 15) is 9.90 Å². The molecule has 112 valence electrons. The van der Waals surface area contributed by atoms with Gasteiger partial charge in [0.15, 0.2) is 0 Å². The van der Waals surface area contributed by atoms with Crippen molar-refractivity contribution in [2.75, 3.05) is 19.7 Å². The van der Waals surface area contributed by atoms with Crippen molar-refractivity contribution in [3.63, 3.8) is 0 Å². The van der Waals surface area contributed by atoms with Crippen LogP contribution in [0.4, 0.5) is 0 Å². The van der Waals surface area contributed by atoms with Gasteiger partial charge in [-0.15, -0.1) is 0 Å². The van der Waals surface area contributed by atoms with E-state index in [0.29, 0.717) is 19.7 Å². The van der Waals surface area contributed by atoms with Crippen LogP contribution in [0.25, 0.3) is 0 Å². The van der Waals surface area contributed by atoms with Gasteiger partial charge in [0, 0.05) is 6.54 Å². The second-order valence-corrected chi connectivity index (χ2v) is 4.94. The molecule has 0 fully saturated rings. The Labute approximate surface area is 121 Å². The Balaban J connectivity index is 2.67. The molecule has 4 nitrogen and oxygen atoms in total. The van der Waals surface area contributed by atoms with E-state index in [1.807, 2.05) is 49.9 Å². The molecule has 0 amide bonds. The fraction of sp³-hybridized carbons (Fsp3) is 0.562. The SMILES string of the molecule is CCOC(=O)C(C)N(CC)CC(O)c1ccc(C)cc1. The summed E-state index contributed by atoms with van der Waals surface area (Å²) in [5.41, 5.74) is 2.03. The summed E-state index contributed by atoms with van der Waals surface area (Å²) in [5, 5.41) is 10.3. The minimum Gasteiger partial charge on any atom is -0.465 e. The van der Waals surface area contributed by atoms with Crippen molar-refractivity contribution in [2.24, 2.45) is 0 Å². The van der Waals surface area contributed by atoms with E-state index < -0.39 is 6.10 Å². The minimum absolute atomic E-state index is 0.245. The molecular weight excluding hydrogens is 254 g/mol. The van der Waals surface area contributed by atoms with Crippen LogP contribution in [0.15, 0.2) is 24.3 Å². The topological polar surface area (TPSA) is 49.8 Å². The van der Waals surface area contributed by atoms with Gasteiger partial charge in [0.2, 0.25) is 0 Å². The van der Waals surface area contributed by atoms with Gasteiger partial charge in [-0.25, -0.2) is 0 Å². The Morgan fingerprint density at radius 3 is 2.40 bits per heavy atom. The summed E-state index contributed by atoms with van der Waals surface area (Å²) in [6.45, 7) is 9.06. The third-order valence-electron chi connectivity index (χ3n) is 3.45. The van der Waals surface area contributed by atoms with Gasteiger partial charge in [0.05, 0.1) is 12.7 Å². The number of aliphatic hydroxyl groups excluding tert-OH is 1. The first-order valence-electron chi connectivity index (χ1n) is 7.14. The van der Waals surface area contributed by atoms with Gasteiger partial charge in [-0.05, 0) is 32.9 Å². The minimum atomic E-state index is -0.604. The molecule has 0 spiro atoms. The quantitative estimate of drug-likeness (QED) is 0.778. The lowest BCUT2D eigenvalue weighted by molar-refractivity contribution is -0.149. The van der Waals surface area contributed by atoms with Crippen LogP contribution in [0.5, 0.6) is 0 Å². The van der Waals surface area contributed by atoms with Crippen LogP contribution in [-0.4, -0.2) is 41.7 Å². The van der Waals surface area contributed by atoms with Gasteiger partial charge in [-0.1, -0.05) is 36.8 Å². The van der Waals surface area contributed by atoms with Crippen molar-refractivity contribution in [1.82, 2.24) is 4.90 Å². The van der Waals surface area contributed by atoms with Crippen LogP contribution >= 0.6 is 0 Å². The maximum atomic E-state index is 11.8. The fourth-order valence-electron chi connectivity index (χ4n) is 2.09. The molecule has 0 aliphatic rings. The molecule has 0 aromatic heterocycles. The lowest BCUT2D eigenvalue weighted by atomic mass is 10.1. The van der Waals surface area contributed by atoms with Gasteiger partial charge in [0.1, 0.15) is 6.04 Å². The molecule has 0 radical (unpaired) electrons. The van der Waals surface area contributed by atoms with E-state index >= 15 is 0 Å². The molecule has 0 saturated heterocycles. The summed E-state index contributed by atoms with van der Waals surface area (Å²) in [6, 6.07) is 7.44. The highest BCUT2D eigenvalue weighted by Crippen LogP contribution is 2.16. The summed E-state index contributed by atoms with van der Waals surface area (Å²) in [7, 11) is 0. The summed E-state index contributed by atoms with van der Waals surface area (Å²) in [4.78, 5) is 13.7. The molecule has 0 aliphatic carbocycles. The number of hydrogen-bond donors (Lipinski definition) is 1. The molecule has 1 aromatic rings. The van der Waals surface area contributed by atoms with Crippen LogP contribution in [0, 0.1) is 6.92 Å². The number of aliphatic hydroxyl groups is 1. The number of aryl methyl sites for hydroxylation is 1. The standard InChI is InChI=1S/C16H25NO3/c1-5-17(13(4)16(19)20-6-2)11-15(18)14-9-7-12(3)8-10-14/h7-10,13,15,18H,5-6,11H2,1-4H3. The van der Waals surface area contributed by atoms with Crippen LogP contribution in [0.3, 0.4) is 0 Å². The highest BCUT2D eigenvalue weighted by molar-refractivity contribution is 5.75. The maximum absolute atomic E-state index is 11.8. The van der Waals surface area contributed by atoms with Crippen LogP contribution in [0.2, 0.25) is 0 Å². The second-order valence-electron chi connectivity index (χ2n) is 4.94. The molecule has 1 N–H and O–H groups in total. The summed E-state index contributed by atoms with van der Waals surface area (Å²) < 4.78 is 5.03. The molecule has 2 atom stereocenters. The third kappa shape index (κ3) is 4.62. The molecular formula is C16H25NO3. The van der Waals surface area contributed by atoms with Crippen molar-refractivity contribution in [3.05, 3.63) is 35.4 Å². The molecule has 0 aliphatic heterocycles. The predicted molar refractivity (Wildman–Crippen MR) is 79.5 cm³/mol. The first-order chi connectivity index (χ1) is 9.49. The predicted octanol–water partition coefficient (Wildman–Crippen LogP) is 2.30. The molecule has 1 rings (SSSR count). The van der Waals surface area contributed by atoms with Gasteiger partial charge in [-0.3, -0.25) is 9.69 Å². The summed E-state index contributed by atoms with van der Waals surface area (Å²) >= 11 is 0. The number of carbonyl (C=O) groups is 1. The Hall–Kier alpha value is -1.39. The maximum Gasteiger partial charge on any atom is 0.323 e. The van der Waals surface area contributed by atoms with Crippen molar-refractivity contribution in [1.29, 1.82) is 0 Å². The van der Waals surface area contributed by atoms with Crippen molar-refractivity contribution in [3.8, 4) is 0 Å². The molecule has 0 saturated carbocycles. The van der Waals surface area contributed by atoms with Gasteiger partial charge in [0.25, 0.3) is 0 Å². The Morgan fingerprint density at radius 1 is 1.30 bits per heavy atom. The Morgan fingerprint density at radius 2 is 1.90 bits per heavy atom. The number of ether oxygens (including phenoxy) is 1. The van der Waals surface area contributed by atoms with E-state index in [4.69, 9.17) is 4.74 Å². The Kier molecular flexibility index (Phi) is 6.68. The molecule has 0 heterocycles. The first-order valence-corrected chi connectivity index (χ1v) is 7.14. The molecule has 1 aromatic carbocycles. The van der Waals surface area contributed by atoms with E-state index in [-0.39, 0.29) is 12.0 Å². The second kappa shape index (κ2) is 8.02. The Bertz CT molecular complexity index is 416. The average Bonchev–Trinajstić information content (AvgIpc) is 2.44. The lowest BCUT2D eigenvalue weighted by Gasteiger charge is -2.28. The largest absolute Gasteiger partial charge is 0.465 e. The van der Waals surface area contributed by atoms with Gasteiger partial charge in [-0.2, -0.15) is 0 Å². The van der Waals surface area contributed by atoms with E-state index in [0.717, 1.165) is 11.1 Å². The number of carbonyl (C=O) groups excluding carboxylic acids is 1. The third-order valence-corrected chi connectivity index (χ3v) is 3.45. The number of benzene rings is 1. The zero-order chi connectivity index (χ0) is 15.1. The lowest BCUT2D eigenvalue weighted by Crippen LogP contribution is -2.42. The van der Waals surface area contributed by atoms with E-state index in [1.165, 1.54) is 0 Å². The number of rotatable bonds is 7. The zero-order valence-corrected chi connectivity index (χ0v) is 12.8. The molecule has 2 unspecified atom stereocenters. The number of nitrogens with zero attached hydrogens (tertiary/aromatic N) is 1. The number of esters is 1. The molecule has 20 heavy (non-hydrogen) atoms. The van der Waals surface area contributed by atoms with Gasteiger partial charge >= 0.3 is 5.97 Å². The summed E-state index contributed by atoms with van der Waals surface area (Å²) in [5.74, 6) is -0.245. The monoisotopic (exact) mass is 279 g/mol. The van der Waals surface area contributed by atoms with E-state index in [2.05, 4.69) is 0 Å². The zero-order valence-electron chi connectivity index (χ0n) is 12.8. The smallest absolute Gasteiger partial charge is 0.323 e. The van der Waals surface area contributed by atoms with Crippen LogP contribution in [0.1, 0.15) is 38.0 Å². The molecule has 4 heteroatoms. The van der Waals surface area contributed by atoms with Crippen molar-refractivity contribution < 1.29 is 14.6 Å². The van der Waals surface area contributed by atoms with E-state index in [1.54, 1.807) is 6.92 Å². The first kappa shape index (κ1) is 16.7. The normalized spacial score (nSPS) is 14.1. The van der Waals surface area contributed by atoms with Crippen LogP contribution in [-0.2, 0) is 9.53 Å². The van der Waals surface area contributed by atoms with Crippen molar-refractivity contribution in [2.45, 2.75) is 39.8 Å². The fourth-order valence-corrected chi connectivity index (χ4v) is 2.09. The highest BCUT2D eigenvalue weighted by Gasteiger charge is 2.23. The number of likely N-dealkylation sites (N-methyl/N-ethyl adjacent to an activating group) is 1.